The predicted octanol–water partition coefficient (Wildman–Crippen LogP) is 4.62. The van der Waals surface area contributed by atoms with E-state index in [4.69, 9.17) is 4.42 Å². The van der Waals surface area contributed by atoms with Crippen molar-refractivity contribution in [2.75, 3.05) is 5.32 Å². The van der Waals surface area contributed by atoms with Crippen molar-refractivity contribution >= 4 is 45.3 Å². The molecule has 0 saturated heterocycles. The zero-order chi connectivity index (χ0) is 16.8. The van der Waals surface area contributed by atoms with Gasteiger partial charge in [0.15, 0.2) is 5.76 Å². The van der Waals surface area contributed by atoms with Crippen LogP contribution in [0.5, 0.6) is 0 Å². The molecule has 0 fully saturated rings. The van der Waals surface area contributed by atoms with Gasteiger partial charge < -0.3 is 9.73 Å². The van der Waals surface area contributed by atoms with Crippen LogP contribution in [0.15, 0.2) is 34.7 Å². The van der Waals surface area contributed by atoms with Crippen molar-refractivity contribution in [3.63, 3.8) is 0 Å². The number of benzene rings is 2. The Balaban J connectivity index is 1.72. The minimum absolute atomic E-state index is 0.261. The van der Waals surface area contributed by atoms with Gasteiger partial charge in [0.25, 0.3) is 5.91 Å². The molecule has 0 saturated carbocycles. The molecule has 1 N–H and O–H groups in total. The summed E-state index contributed by atoms with van der Waals surface area (Å²) in [7, 11) is 0. The van der Waals surface area contributed by atoms with Gasteiger partial charge in [-0.25, -0.2) is 0 Å². The number of hydrogen-bond acceptors (Lipinski definition) is 5. The van der Waals surface area contributed by atoms with Crippen LogP contribution < -0.4 is 5.32 Å². The Bertz CT molecular complexity index is 1090. The molecule has 0 atom stereocenters. The van der Waals surface area contributed by atoms with Crippen LogP contribution in [0.3, 0.4) is 0 Å². The zero-order valence-corrected chi connectivity index (χ0v) is 14.3. The highest BCUT2D eigenvalue weighted by Crippen LogP contribution is 2.30. The number of fused-ring (bicyclic) bond motifs is 2. The van der Waals surface area contributed by atoms with Gasteiger partial charge in [0, 0.05) is 16.6 Å². The average Bonchev–Trinajstić information content (AvgIpc) is 3.15. The number of carbonyl (C=O) groups excluding carboxylic acids is 1. The molecule has 5 nitrogen and oxygen atoms in total. The first-order valence-corrected chi connectivity index (χ1v) is 8.30. The molecule has 4 aromatic rings. The van der Waals surface area contributed by atoms with E-state index < -0.39 is 0 Å². The minimum atomic E-state index is -0.261. The highest BCUT2D eigenvalue weighted by molar-refractivity contribution is 7.00. The third-order valence-corrected chi connectivity index (χ3v) is 4.90. The number of nitrogens with zero attached hydrogens (tertiary/aromatic N) is 2. The number of anilines is 1. The van der Waals surface area contributed by atoms with Crippen LogP contribution in [0, 0.1) is 20.8 Å². The van der Waals surface area contributed by atoms with Gasteiger partial charge in [-0.1, -0.05) is 12.1 Å². The van der Waals surface area contributed by atoms with E-state index in [2.05, 4.69) is 14.1 Å². The van der Waals surface area contributed by atoms with Crippen LogP contribution in [-0.2, 0) is 0 Å². The smallest absolute Gasteiger partial charge is 0.291 e. The summed E-state index contributed by atoms with van der Waals surface area (Å²) in [6.07, 6.45) is 0. The Kier molecular flexibility index (Phi) is 3.35. The second kappa shape index (κ2) is 5.42. The number of aromatic nitrogens is 2. The molecule has 0 aliphatic carbocycles. The van der Waals surface area contributed by atoms with E-state index in [-0.39, 0.29) is 5.91 Å². The van der Waals surface area contributed by atoms with Crippen molar-refractivity contribution in [2.24, 2.45) is 0 Å². The molecule has 2 heterocycles. The third kappa shape index (κ3) is 2.27. The Hall–Kier alpha value is -2.73. The van der Waals surface area contributed by atoms with Crippen LogP contribution in [-0.4, -0.2) is 14.7 Å². The quantitative estimate of drug-likeness (QED) is 0.580. The van der Waals surface area contributed by atoms with Crippen LogP contribution in [0.1, 0.15) is 27.2 Å². The van der Waals surface area contributed by atoms with Gasteiger partial charge in [0.1, 0.15) is 16.6 Å². The topological polar surface area (TPSA) is 68.0 Å². The molecule has 4 rings (SSSR count). The van der Waals surface area contributed by atoms with E-state index in [1.165, 1.54) is 0 Å². The number of rotatable bonds is 2. The fourth-order valence-electron chi connectivity index (χ4n) is 2.78. The van der Waals surface area contributed by atoms with Crippen LogP contribution >= 0.6 is 11.7 Å². The molecule has 6 heteroatoms. The second-order valence-corrected chi connectivity index (χ2v) is 6.39. The highest BCUT2D eigenvalue weighted by Gasteiger charge is 2.19. The van der Waals surface area contributed by atoms with Crippen molar-refractivity contribution in [1.82, 2.24) is 8.75 Å². The molecule has 0 aliphatic heterocycles. The lowest BCUT2D eigenvalue weighted by atomic mass is 10.0. The lowest BCUT2D eigenvalue weighted by Gasteiger charge is -2.03. The summed E-state index contributed by atoms with van der Waals surface area (Å²) < 4.78 is 14.2. The van der Waals surface area contributed by atoms with Gasteiger partial charge in [-0.05, 0) is 50.1 Å². The van der Waals surface area contributed by atoms with Crippen molar-refractivity contribution in [3.05, 3.63) is 52.8 Å². The summed E-state index contributed by atoms with van der Waals surface area (Å²) in [6.45, 7) is 5.94. The first-order valence-electron chi connectivity index (χ1n) is 7.57. The summed E-state index contributed by atoms with van der Waals surface area (Å²) in [5.74, 6) is 0.0819. The molecule has 0 aliphatic rings. The Labute approximate surface area is 142 Å². The van der Waals surface area contributed by atoms with E-state index in [0.717, 1.165) is 50.4 Å². The minimum Gasteiger partial charge on any atom is -0.450 e. The SMILES string of the molecule is Cc1ccc2c(C)c(C(=O)Nc3ccc4nsnc4c3)oc2c1C. The fraction of sp³-hybridized carbons (Fsp3) is 0.167. The van der Waals surface area contributed by atoms with Crippen LogP contribution in [0.4, 0.5) is 5.69 Å². The molecule has 2 aromatic heterocycles. The van der Waals surface area contributed by atoms with Crippen LogP contribution in [0.2, 0.25) is 0 Å². The maximum absolute atomic E-state index is 12.6. The number of aryl methyl sites for hydroxylation is 3. The molecule has 120 valence electrons. The molecule has 0 spiro atoms. The zero-order valence-electron chi connectivity index (χ0n) is 13.5. The number of furan rings is 1. The molecule has 0 unspecified atom stereocenters. The Morgan fingerprint density at radius 1 is 1.04 bits per heavy atom. The largest absolute Gasteiger partial charge is 0.450 e. The fourth-order valence-corrected chi connectivity index (χ4v) is 3.30. The number of carbonyl (C=O) groups is 1. The van der Waals surface area contributed by atoms with Gasteiger partial charge in [0.2, 0.25) is 0 Å². The van der Waals surface area contributed by atoms with Gasteiger partial charge in [-0.2, -0.15) is 8.75 Å². The Morgan fingerprint density at radius 2 is 1.83 bits per heavy atom. The molecule has 2 aromatic carbocycles. The average molecular weight is 337 g/mol. The van der Waals surface area contributed by atoms with Crippen molar-refractivity contribution in [1.29, 1.82) is 0 Å². The summed E-state index contributed by atoms with van der Waals surface area (Å²) >= 11 is 1.15. The van der Waals surface area contributed by atoms with Crippen molar-refractivity contribution < 1.29 is 9.21 Å². The van der Waals surface area contributed by atoms with Gasteiger partial charge >= 0.3 is 0 Å². The lowest BCUT2D eigenvalue weighted by molar-refractivity contribution is 0.0998. The molecule has 1 amide bonds. The summed E-state index contributed by atoms with van der Waals surface area (Å²) in [5.41, 5.74) is 6.09. The molecule has 24 heavy (non-hydrogen) atoms. The van der Waals surface area contributed by atoms with Gasteiger partial charge in [-0.15, -0.1) is 0 Å². The van der Waals surface area contributed by atoms with E-state index in [1.807, 2.05) is 51.1 Å². The lowest BCUT2D eigenvalue weighted by Crippen LogP contribution is -2.12. The van der Waals surface area contributed by atoms with Gasteiger partial charge in [-0.3, -0.25) is 4.79 Å². The van der Waals surface area contributed by atoms with Crippen LogP contribution in [0.25, 0.3) is 22.0 Å². The molecular formula is C18H15N3O2S. The van der Waals surface area contributed by atoms with E-state index in [9.17, 15) is 4.79 Å². The summed E-state index contributed by atoms with van der Waals surface area (Å²) in [6, 6.07) is 9.51. The van der Waals surface area contributed by atoms with Crippen molar-refractivity contribution in [3.8, 4) is 0 Å². The predicted molar refractivity (Wildman–Crippen MR) is 95.8 cm³/mol. The number of amides is 1. The normalized spacial score (nSPS) is 11.3. The van der Waals surface area contributed by atoms with E-state index in [1.54, 1.807) is 0 Å². The van der Waals surface area contributed by atoms with Gasteiger partial charge in [0.05, 0.1) is 11.7 Å². The van der Waals surface area contributed by atoms with Crippen molar-refractivity contribution in [2.45, 2.75) is 20.8 Å². The summed E-state index contributed by atoms with van der Waals surface area (Å²) in [4.78, 5) is 12.6. The van der Waals surface area contributed by atoms with E-state index >= 15 is 0 Å². The first-order chi connectivity index (χ1) is 11.5. The van der Waals surface area contributed by atoms with E-state index in [0.29, 0.717) is 11.4 Å². The second-order valence-electron chi connectivity index (χ2n) is 5.86. The molecule has 0 radical (unpaired) electrons. The maximum atomic E-state index is 12.6. The monoisotopic (exact) mass is 337 g/mol. The maximum Gasteiger partial charge on any atom is 0.291 e. The molecule has 0 bridgehead atoms. The molecular weight excluding hydrogens is 322 g/mol. The number of hydrogen-bond donors (Lipinski definition) is 1. The standard InChI is InChI=1S/C18H15N3O2S/c1-9-4-6-13-11(3)17(23-16(13)10(9)2)18(22)19-12-5-7-14-15(8-12)21-24-20-14/h4-8H,1-3H3,(H,19,22). The first kappa shape index (κ1) is 14.8. The third-order valence-electron chi connectivity index (χ3n) is 4.34. The highest BCUT2D eigenvalue weighted by atomic mass is 32.1. The number of nitrogens with one attached hydrogen (secondary N) is 1. The Morgan fingerprint density at radius 3 is 2.67 bits per heavy atom. The summed E-state index contributed by atoms with van der Waals surface area (Å²) in [5, 5.41) is 3.85.